The van der Waals surface area contributed by atoms with E-state index >= 15 is 0 Å². The molecule has 0 aromatic heterocycles. The Hall–Kier alpha value is 0.150. The number of piperidine rings is 1. The van der Waals surface area contributed by atoms with Gasteiger partial charge in [0.15, 0.2) is 0 Å². The van der Waals surface area contributed by atoms with E-state index in [1.165, 1.54) is 12.1 Å². The van der Waals surface area contributed by atoms with Gasteiger partial charge in [0.2, 0.25) is 10.0 Å². The Morgan fingerprint density at radius 1 is 1.32 bits per heavy atom. The molecule has 0 amide bonds. The third kappa shape index (κ3) is 3.83. The smallest absolute Gasteiger partial charge is 0.243 e. The van der Waals surface area contributed by atoms with E-state index in [4.69, 9.17) is 23.2 Å². The van der Waals surface area contributed by atoms with Gasteiger partial charge in [-0.25, -0.2) is 13.1 Å². The van der Waals surface area contributed by atoms with Gasteiger partial charge in [-0.1, -0.05) is 39.1 Å². The zero-order valence-corrected chi connectivity index (χ0v) is 13.8. The van der Waals surface area contributed by atoms with Crippen molar-refractivity contribution in [3.63, 3.8) is 0 Å². The van der Waals surface area contributed by atoms with Gasteiger partial charge >= 0.3 is 0 Å². The van der Waals surface area contributed by atoms with Crippen molar-refractivity contribution in [2.24, 2.45) is 0 Å². The molecule has 8 heteroatoms. The molecule has 0 radical (unpaired) electrons. The monoisotopic (exact) mass is 386 g/mol. The average molecular weight is 388 g/mol. The summed E-state index contributed by atoms with van der Waals surface area (Å²) in [6.07, 6.45) is 1.74. The van der Waals surface area contributed by atoms with Crippen LogP contribution < -0.4 is 10.0 Å². The summed E-state index contributed by atoms with van der Waals surface area (Å²) >= 11 is 15.2. The standard InChI is InChI=1S/C11H13BrCl2N2O2S/c12-7-4-9(13)11(10(14)5-7)19(17,18)16-8-2-1-3-15-6-8/h4-5,8,15-16H,1-3,6H2/t8-/m1/s1. The Morgan fingerprint density at radius 3 is 2.47 bits per heavy atom. The highest BCUT2D eigenvalue weighted by Gasteiger charge is 2.26. The second-order valence-corrected chi connectivity index (χ2v) is 7.74. The van der Waals surface area contributed by atoms with Crippen LogP contribution >= 0.6 is 39.1 Å². The Bertz CT molecular complexity index is 551. The van der Waals surface area contributed by atoms with Crippen molar-refractivity contribution >= 4 is 49.2 Å². The third-order valence-electron chi connectivity index (χ3n) is 2.85. The summed E-state index contributed by atoms with van der Waals surface area (Å²) in [7, 11) is -3.71. The molecule has 4 nitrogen and oxygen atoms in total. The molecule has 1 aromatic carbocycles. The van der Waals surface area contributed by atoms with Gasteiger partial charge in [0.25, 0.3) is 0 Å². The lowest BCUT2D eigenvalue weighted by molar-refractivity contribution is 0.428. The Kier molecular flexibility index (Phi) is 5.14. The Balaban J connectivity index is 2.29. The van der Waals surface area contributed by atoms with Crippen LogP contribution in [0.15, 0.2) is 21.5 Å². The van der Waals surface area contributed by atoms with Gasteiger partial charge in [-0.2, -0.15) is 0 Å². The first-order valence-electron chi connectivity index (χ1n) is 5.78. The van der Waals surface area contributed by atoms with Crippen molar-refractivity contribution < 1.29 is 8.42 Å². The van der Waals surface area contributed by atoms with Crippen molar-refractivity contribution in [2.45, 2.75) is 23.8 Å². The summed E-state index contributed by atoms with van der Waals surface area (Å²) in [5, 5.41) is 3.36. The molecule has 2 N–H and O–H groups in total. The van der Waals surface area contributed by atoms with Crippen molar-refractivity contribution in [3.8, 4) is 0 Å². The first-order chi connectivity index (χ1) is 8.90. The van der Waals surface area contributed by atoms with E-state index in [9.17, 15) is 8.42 Å². The summed E-state index contributed by atoms with van der Waals surface area (Å²) in [5.41, 5.74) is 0. The molecule has 1 atom stereocenters. The highest BCUT2D eigenvalue weighted by molar-refractivity contribution is 9.10. The number of hydrogen-bond acceptors (Lipinski definition) is 3. The van der Waals surface area contributed by atoms with Crippen molar-refractivity contribution in [2.75, 3.05) is 13.1 Å². The zero-order chi connectivity index (χ0) is 14.0. The first kappa shape index (κ1) is 15.5. The predicted molar refractivity (Wildman–Crippen MR) is 80.4 cm³/mol. The largest absolute Gasteiger partial charge is 0.315 e. The van der Waals surface area contributed by atoms with Crippen molar-refractivity contribution in [1.29, 1.82) is 0 Å². The molecule has 0 unspecified atom stereocenters. The quantitative estimate of drug-likeness (QED) is 0.838. The molecule has 0 spiro atoms. The molecule has 1 heterocycles. The van der Waals surface area contributed by atoms with Crippen LogP contribution in [-0.2, 0) is 10.0 Å². The summed E-state index contributed by atoms with van der Waals surface area (Å²) in [6, 6.07) is 2.90. The van der Waals surface area contributed by atoms with E-state index in [1.807, 2.05) is 0 Å². The van der Waals surface area contributed by atoms with Gasteiger partial charge in [0, 0.05) is 17.1 Å². The van der Waals surface area contributed by atoms with Gasteiger partial charge in [-0.3, -0.25) is 0 Å². The number of rotatable bonds is 3. The molecule has 1 fully saturated rings. The minimum absolute atomic E-state index is 0.0652. The maximum absolute atomic E-state index is 12.3. The lowest BCUT2D eigenvalue weighted by Crippen LogP contribution is -2.45. The Labute approximate surface area is 131 Å². The average Bonchev–Trinajstić information content (AvgIpc) is 2.27. The fourth-order valence-corrected chi connectivity index (χ4v) is 5.22. The molecule has 0 saturated carbocycles. The van der Waals surface area contributed by atoms with Gasteiger partial charge in [-0.15, -0.1) is 0 Å². The van der Waals surface area contributed by atoms with Crippen molar-refractivity contribution in [1.82, 2.24) is 10.0 Å². The molecule has 1 aliphatic heterocycles. The van der Waals surface area contributed by atoms with E-state index in [1.54, 1.807) is 0 Å². The molecule has 0 bridgehead atoms. The van der Waals surface area contributed by atoms with Crippen LogP contribution in [0.1, 0.15) is 12.8 Å². The van der Waals surface area contributed by atoms with Crippen LogP contribution in [0, 0.1) is 0 Å². The minimum Gasteiger partial charge on any atom is -0.315 e. The van der Waals surface area contributed by atoms with Crippen LogP contribution in [0.25, 0.3) is 0 Å². The normalized spacial score (nSPS) is 20.5. The van der Waals surface area contributed by atoms with Gasteiger partial charge in [-0.05, 0) is 31.5 Å². The molecule has 1 saturated heterocycles. The van der Waals surface area contributed by atoms with Gasteiger partial charge in [0.05, 0.1) is 10.0 Å². The highest BCUT2D eigenvalue weighted by atomic mass is 79.9. The van der Waals surface area contributed by atoms with Crippen LogP contribution in [0.3, 0.4) is 0 Å². The van der Waals surface area contributed by atoms with Crippen LogP contribution in [0.2, 0.25) is 10.0 Å². The predicted octanol–water partition coefficient (Wildman–Crippen LogP) is 2.79. The van der Waals surface area contributed by atoms with E-state index < -0.39 is 10.0 Å². The molecular weight excluding hydrogens is 375 g/mol. The highest BCUT2D eigenvalue weighted by Crippen LogP contribution is 2.32. The molecule has 2 rings (SSSR count). The lowest BCUT2D eigenvalue weighted by atomic mass is 10.1. The molecule has 0 aliphatic carbocycles. The van der Waals surface area contributed by atoms with Crippen LogP contribution in [-0.4, -0.2) is 27.5 Å². The van der Waals surface area contributed by atoms with Gasteiger partial charge < -0.3 is 5.32 Å². The number of benzene rings is 1. The second kappa shape index (κ2) is 6.28. The van der Waals surface area contributed by atoms with Crippen LogP contribution in [0.4, 0.5) is 0 Å². The second-order valence-electron chi connectivity index (χ2n) is 4.36. The Morgan fingerprint density at radius 2 is 1.95 bits per heavy atom. The third-order valence-corrected chi connectivity index (χ3v) is 5.75. The molecule has 1 aliphatic rings. The SMILES string of the molecule is O=S(=O)(N[C@@H]1CCCNC1)c1c(Cl)cc(Br)cc1Cl. The van der Waals surface area contributed by atoms with E-state index in [0.29, 0.717) is 11.0 Å². The number of hydrogen-bond donors (Lipinski definition) is 2. The topological polar surface area (TPSA) is 58.2 Å². The number of sulfonamides is 1. The maximum atomic E-state index is 12.3. The number of halogens is 3. The van der Waals surface area contributed by atoms with Gasteiger partial charge in [0.1, 0.15) is 4.90 Å². The summed E-state index contributed by atoms with van der Waals surface area (Å²) in [5.74, 6) is 0. The van der Waals surface area contributed by atoms with E-state index in [2.05, 4.69) is 26.0 Å². The van der Waals surface area contributed by atoms with Crippen LogP contribution in [0.5, 0.6) is 0 Å². The molecular formula is C11H13BrCl2N2O2S. The molecule has 19 heavy (non-hydrogen) atoms. The zero-order valence-electron chi connectivity index (χ0n) is 9.92. The summed E-state index contributed by atoms with van der Waals surface area (Å²) in [6.45, 7) is 1.53. The van der Waals surface area contributed by atoms with Crippen molar-refractivity contribution in [3.05, 3.63) is 26.7 Å². The minimum atomic E-state index is -3.71. The maximum Gasteiger partial charge on any atom is 0.243 e. The van der Waals surface area contributed by atoms with E-state index in [0.717, 1.165) is 19.4 Å². The first-order valence-corrected chi connectivity index (χ1v) is 8.81. The fraction of sp³-hybridized carbons (Fsp3) is 0.455. The summed E-state index contributed by atoms with van der Waals surface area (Å²) < 4.78 is 27.9. The fourth-order valence-electron chi connectivity index (χ4n) is 2.02. The molecule has 106 valence electrons. The molecule has 1 aromatic rings. The lowest BCUT2D eigenvalue weighted by Gasteiger charge is -2.24. The summed E-state index contributed by atoms with van der Waals surface area (Å²) in [4.78, 5) is -0.0652. The number of nitrogens with one attached hydrogen (secondary N) is 2. The van der Waals surface area contributed by atoms with E-state index in [-0.39, 0.29) is 21.0 Å².